The average molecular weight is 216 g/mol. The summed E-state index contributed by atoms with van der Waals surface area (Å²) in [4.78, 5) is 3.84. The molecular weight excluding hydrogens is 209 g/mol. The molecule has 0 unspecified atom stereocenters. The van der Waals surface area contributed by atoms with Crippen LogP contribution in [0.1, 0.15) is 12.1 Å². The van der Waals surface area contributed by atoms with Crippen LogP contribution in [-0.2, 0) is 0 Å². The van der Waals surface area contributed by atoms with Crippen molar-refractivity contribution in [3.63, 3.8) is 0 Å². The van der Waals surface area contributed by atoms with Crippen LogP contribution < -0.4 is 0 Å². The van der Waals surface area contributed by atoms with E-state index < -0.39 is 0 Å². The highest BCUT2D eigenvalue weighted by Crippen LogP contribution is 2.15. The predicted molar refractivity (Wildman–Crippen MR) is 53.1 cm³/mol. The SMILES string of the molecule is Oc1ccc(Cl)nc1C#CCCCl. The first-order valence-electron chi connectivity index (χ1n) is 3.64. The monoisotopic (exact) mass is 215 g/mol. The van der Waals surface area contributed by atoms with Crippen LogP contribution in [0, 0.1) is 11.8 Å². The van der Waals surface area contributed by atoms with Crippen molar-refractivity contribution >= 4 is 23.2 Å². The van der Waals surface area contributed by atoms with Crippen molar-refractivity contribution in [2.75, 3.05) is 5.88 Å². The van der Waals surface area contributed by atoms with Gasteiger partial charge in [0, 0.05) is 12.3 Å². The summed E-state index contributed by atoms with van der Waals surface area (Å²) in [5.41, 5.74) is 0.289. The Morgan fingerprint density at radius 1 is 1.46 bits per heavy atom. The zero-order chi connectivity index (χ0) is 9.68. The number of alkyl halides is 1. The van der Waals surface area contributed by atoms with Crippen molar-refractivity contribution in [3.8, 4) is 17.6 Å². The molecule has 1 N–H and O–H groups in total. The first kappa shape index (κ1) is 10.2. The molecule has 68 valence electrons. The van der Waals surface area contributed by atoms with Gasteiger partial charge in [0.2, 0.25) is 0 Å². The van der Waals surface area contributed by atoms with E-state index >= 15 is 0 Å². The maximum atomic E-state index is 9.28. The summed E-state index contributed by atoms with van der Waals surface area (Å²) in [6.07, 6.45) is 0.565. The molecule has 0 amide bonds. The molecule has 1 aromatic heterocycles. The van der Waals surface area contributed by atoms with Gasteiger partial charge < -0.3 is 5.11 Å². The maximum absolute atomic E-state index is 9.28. The Balaban J connectivity index is 2.89. The van der Waals surface area contributed by atoms with Gasteiger partial charge in [0.25, 0.3) is 0 Å². The summed E-state index contributed by atoms with van der Waals surface area (Å²) >= 11 is 11.0. The Labute approximate surface area is 86.5 Å². The predicted octanol–water partition coefficient (Wildman–Crippen LogP) is 2.42. The summed E-state index contributed by atoms with van der Waals surface area (Å²) in [6.45, 7) is 0. The molecule has 0 bridgehead atoms. The van der Waals surface area contributed by atoms with Crippen molar-refractivity contribution in [2.45, 2.75) is 6.42 Å². The van der Waals surface area contributed by atoms with Crippen molar-refractivity contribution in [1.29, 1.82) is 0 Å². The number of pyridine rings is 1. The molecule has 0 radical (unpaired) electrons. The molecule has 0 aliphatic heterocycles. The van der Waals surface area contributed by atoms with Crippen molar-refractivity contribution in [2.24, 2.45) is 0 Å². The Bertz CT molecular complexity index is 354. The van der Waals surface area contributed by atoms with Gasteiger partial charge in [-0.2, -0.15) is 0 Å². The van der Waals surface area contributed by atoms with E-state index in [1.807, 2.05) is 0 Å². The van der Waals surface area contributed by atoms with Gasteiger partial charge >= 0.3 is 0 Å². The molecule has 0 saturated heterocycles. The van der Waals surface area contributed by atoms with E-state index in [4.69, 9.17) is 23.2 Å². The van der Waals surface area contributed by atoms with Crippen molar-refractivity contribution in [3.05, 3.63) is 23.0 Å². The van der Waals surface area contributed by atoms with Crippen LogP contribution in [0.2, 0.25) is 5.15 Å². The molecule has 13 heavy (non-hydrogen) atoms. The largest absolute Gasteiger partial charge is 0.505 e. The minimum atomic E-state index is 0.0338. The molecule has 0 aromatic carbocycles. The number of aromatic hydroxyl groups is 1. The standard InChI is InChI=1S/C9H7Cl2NO/c10-6-2-1-3-7-8(13)4-5-9(11)12-7/h4-5,13H,2,6H2. The molecule has 2 nitrogen and oxygen atoms in total. The summed E-state index contributed by atoms with van der Waals surface area (Å²) in [5.74, 6) is 5.93. The fourth-order valence-electron chi connectivity index (χ4n) is 0.713. The first-order chi connectivity index (χ1) is 6.24. The minimum absolute atomic E-state index is 0.0338. The van der Waals surface area contributed by atoms with Crippen LogP contribution >= 0.6 is 23.2 Å². The molecule has 0 saturated carbocycles. The molecule has 1 heterocycles. The van der Waals surface area contributed by atoms with E-state index in [2.05, 4.69) is 16.8 Å². The Hall–Kier alpha value is -0.910. The third kappa shape index (κ3) is 3.14. The van der Waals surface area contributed by atoms with Crippen LogP contribution in [0.15, 0.2) is 12.1 Å². The van der Waals surface area contributed by atoms with Gasteiger partial charge in [0.05, 0.1) is 0 Å². The van der Waals surface area contributed by atoms with E-state index in [9.17, 15) is 5.11 Å². The van der Waals surface area contributed by atoms with E-state index in [-0.39, 0.29) is 11.4 Å². The smallest absolute Gasteiger partial charge is 0.156 e. The van der Waals surface area contributed by atoms with Crippen LogP contribution in [0.3, 0.4) is 0 Å². The number of hydrogen-bond acceptors (Lipinski definition) is 2. The molecule has 4 heteroatoms. The number of aromatic nitrogens is 1. The summed E-state index contributed by atoms with van der Waals surface area (Å²) in [6, 6.07) is 2.96. The molecule has 0 atom stereocenters. The fraction of sp³-hybridized carbons (Fsp3) is 0.222. The lowest BCUT2D eigenvalue weighted by Crippen LogP contribution is -1.83. The third-order valence-electron chi connectivity index (χ3n) is 1.27. The Kier molecular flexibility index (Phi) is 3.88. The maximum Gasteiger partial charge on any atom is 0.156 e. The number of hydrogen-bond donors (Lipinski definition) is 1. The second-order valence-corrected chi connectivity index (χ2v) is 3.01. The van der Waals surface area contributed by atoms with E-state index in [1.54, 1.807) is 0 Å². The quantitative estimate of drug-likeness (QED) is 0.444. The van der Waals surface area contributed by atoms with Crippen LogP contribution in [0.25, 0.3) is 0 Å². The molecule has 0 fully saturated rings. The number of nitrogens with zero attached hydrogens (tertiary/aromatic N) is 1. The van der Waals surface area contributed by atoms with E-state index in [0.29, 0.717) is 17.5 Å². The summed E-state index contributed by atoms with van der Waals surface area (Å²) < 4.78 is 0. The van der Waals surface area contributed by atoms with Crippen molar-refractivity contribution in [1.82, 2.24) is 4.98 Å². The highest BCUT2D eigenvalue weighted by Gasteiger charge is 1.98. The molecule has 0 aliphatic rings. The molecule has 0 spiro atoms. The fourth-order valence-corrected chi connectivity index (χ4v) is 0.955. The van der Waals surface area contributed by atoms with Crippen LogP contribution in [0.5, 0.6) is 5.75 Å². The highest BCUT2D eigenvalue weighted by molar-refractivity contribution is 6.29. The lowest BCUT2D eigenvalue weighted by atomic mass is 10.3. The second-order valence-electron chi connectivity index (χ2n) is 2.24. The van der Waals surface area contributed by atoms with Gasteiger partial charge in [-0.15, -0.1) is 11.6 Å². The summed E-state index contributed by atoms with van der Waals surface area (Å²) in [7, 11) is 0. The Morgan fingerprint density at radius 2 is 2.23 bits per heavy atom. The number of rotatable bonds is 1. The number of halogens is 2. The van der Waals surface area contributed by atoms with Crippen LogP contribution in [0.4, 0.5) is 0 Å². The molecule has 1 aromatic rings. The Morgan fingerprint density at radius 3 is 2.92 bits per heavy atom. The van der Waals surface area contributed by atoms with Gasteiger partial charge in [-0.3, -0.25) is 0 Å². The van der Waals surface area contributed by atoms with E-state index in [0.717, 1.165) is 0 Å². The van der Waals surface area contributed by atoms with Gasteiger partial charge in [0.1, 0.15) is 10.9 Å². The molecule has 0 aliphatic carbocycles. The lowest BCUT2D eigenvalue weighted by molar-refractivity contribution is 0.471. The van der Waals surface area contributed by atoms with Crippen LogP contribution in [-0.4, -0.2) is 16.0 Å². The third-order valence-corrected chi connectivity index (χ3v) is 1.67. The van der Waals surface area contributed by atoms with Gasteiger partial charge in [-0.25, -0.2) is 4.98 Å². The van der Waals surface area contributed by atoms with Gasteiger partial charge in [0.15, 0.2) is 5.69 Å². The van der Waals surface area contributed by atoms with Crippen molar-refractivity contribution < 1.29 is 5.11 Å². The van der Waals surface area contributed by atoms with Gasteiger partial charge in [-0.1, -0.05) is 17.5 Å². The zero-order valence-corrected chi connectivity index (χ0v) is 8.23. The second kappa shape index (κ2) is 4.96. The van der Waals surface area contributed by atoms with E-state index in [1.165, 1.54) is 12.1 Å². The topological polar surface area (TPSA) is 33.1 Å². The minimum Gasteiger partial charge on any atom is -0.505 e. The highest BCUT2D eigenvalue weighted by atomic mass is 35.5. The first-order valence-corrected chi connectivity index (χ1v) is 4.55. The normalized spacial score (nSPS) is 9.08. The lowest BCUT2D eigenvalue weighted by Gasteiger charge is -1.94. The molecular formula is C9H7Cl2NO. The summed E-state index contributed by atoms with van der Waals surface area (Å²) in [5, 5.41) is 9.59. The zero-order valence-electron chi connectivity index (χ0n) is 6.72. The van der Waals surface area contributed by atoms with Gasteiger partial charge in [-0.05, 0) is 18.1 Å². The average Bonchev–Trinajstić information content (AvgIpc) is 2.11. The molecule has 1 rings (SSSR count).